The molecule has 1 aliphatic rings. The molecule has 3 rings (SSSR count). The van der Waals surface area contributed by atoms with Crippen LogP contribution in [0.4, 0.5) is 5.69 Å². The van der Waals surface area contributed by atoms with Gasteiger partial charge < -0.3 is 10.4 Å². The second-order valence-corrected chi connectivity index (χ2v) is 8.40. The maximum absolute atomic E-state index is 9.37. The van der Waals surface area contributed by atoms with E-state index in [-0.39, 0.29) is 13.4 Å². The second kappa shape index (κ2) is 7.21. The molecule has 0 saturated heterocycles. The predicted octanol–water partition coefficient (Wildman–Crippen LogP) is 5.89. The molecule has 0 aromatic heterocycles. The zero-order chi connectivity index (χ0) is 18.0. The van der Waals surface area contributed by atoms with Gasteiger partial charge in [-0.2, -0.15) is 0 Å². The summed E-state index contributed by atoms with van der Waals surface area (Å²) in [7, 11) is 0. The van der Waals surface area contributed by atoms with Gasteiger partial charge in [0.15, 0.2) is 0 Å². The quantitative estimate of drug-likeness (QED) is 0.728. The fourth-order valence-corrected chi connectivity index (χ4v) is 4.07. The minimum absolute atomic E-state index is 0. The molecule has 25 heavy (non-hydrogen) atoms. The Bertz CT molecular complexity index is 708. The van der Waals surface area contributed by atoms with Crippen molar-refractivity contribution in [3.63, 3.8) is 0 Å². The van der Waals surface area contributed by atoms with Gasteiger partial charge in [-0.25, -0.2) is 0 Å². The average molecular weight is 340 g/mol. The lowest BCUT2D eigenvalue weighted by Gasteiger charge is -2.40. The fourth-order valence-electron chi connectivity index (χ4n) is 4.07. The topological polar surface area (TPSA) is 32.3 Å². The van der Waals surface area contributed by atoms with Crippen LogP contribution in [-0.2, 0) is 5.41 Å². The van der Waals surface area contributed by atoms with Crippen molar-refractivity contribution in [2.45, 2.75) is 57.9 Å². The molecule has 136 valence electrons. The lowest BCUT2D eigenvalue weighted by atomic mass is 9.72. The van der Waals surface area contributed by atoms with Gasteiger partial charge >= 0.3 is 0 Å². The predicted molar refractivity (Wildman–Crippen MR) is 108 cm³/mol. The minimum Gasteiger partial charge on any atom is -0.396 e. The van der Waals surface area contributed by atoms with Crippen molar-refractivity contribution < 1.29 is 6.53 Å². The van der Waals surface area contributed by atoms with E-state index >= 15 is 0 Å². The van der Waals surface area contributed by atoms with Gasteiger partial charge in [0.25, 0.3) is 0 Å². The third kappa shape index (κ3) is 3.74. The van der Waals surface area contributed by atoms with Crippen molar-refractivity contribution in [1.29, 1.82) is 0 Å². The van der Waals surface area contributed by atoms with Gasteiger partial charge in [0.1, 0.15) is 0 Å². The monoisotopic (exact) mass is 339 g/mol. The van der Waals surface area contributed by atoms with Gasteiger partial charge in [0.2, 0.25) is 0 Å². The smallest absolute Gasteiger partial charge is 0.0547 e. The summed E-state index contributed by atoms with van der Waals surface area (Å²) in [5.74, 6) is 0.951. The first-order valence-electron chi connectivity index (χ1n) is 9.48. The zero-order valence-corrected chi connectivity index (χ0v) is 15.9. The largest absolute Gasteiger partial charge is 0.396 e. The van der Waals surface area contributed by atoms with Gasteiger partial charge in [-0.15, -0.1) is 0 Å². The highest BCUT2D eigenvalue weighted by Crippen LogP contribution is 2.47. The van der Waals surface area contributed by atoms with Crippen molar-refractivity contribution in [1.82, 2.24) is 0 Å². The molecule has 2 N–H and O–H groups in total. The van der Waals surface area contributed by atoms with Crippen LogP contribution in [0.1, 0.15) is 70.6 Å². The summed E-state index contributed by atoms with van der Waals surface area (Å²) in [6.07, 6.45) is 1.89. The summed E-state index contributed by atoms with van der Waals surface area (Å²) >= 11 is 0. The van der Waals surface area contributed by atoms with Crippen LogP contribution in [0.5, 0.6) is 0 Å². The third-order valence-electron chi connectivity index (χ3n) is 5.64. The van der Waals surface area contributed by atoms with Gasteiger partial charge in [0, 0.05) is 13.7 Å². The van der Waals surface area contributed by atoms with Crippen molar-refractivity contribution in [2.24, 2.45) is 5.92 Å². The van der Waals surface area contributed by atoms with E-state index in [9.17, 15) is 5.11 Å². The van der Waals surface area contributed by atoms with E-state index in [0.717, 1.165) is 12.8 Å². The summed E-state index contributed by atoms with van der Waals surface area (Å²) in [4.78, 5) is 0. The number of rotatable bonds is 4. The van der Waals surface area contributed by atoms with Crippen LogP contribution in [0.2, 0.25) is 0 Å². The SMILES string of the molecule is CC1c2cc(C(C)(C)C)ccc2N[C@H](c2ccccc2)[C@@H]1CCCO.[HH]. The van der Waals surface area contributed by atoms with Crippen LogP contribution in [-0.4, -0.2) is 11.7 Å². The molecule has 3 atom stereocenters. The van der Waals surface area contributed by atoms with E-state index in [2.05, 4.69) is 81.5 Å². The minimum atomic E-state index is 0. The molecule has 1 heterocycles. The summed E-state index contributed by atoms with van der Waals surface area (Å²) in [5.41, 5.74) is 5.56. The molecule has 0 fully saturated rings. The average Bonchev–Trinajstić information content (AvgIpc) is 2.60. The summed E-state index contributed by atoms with van der Waals surface area (Å²) in [6, 6.07) is 17.9. The molecule has 1 aliphatic heterocycles. The molecule has 2 nitrogen and oxygen atoms in total. The molecule has 2 heteroatoms. The standard InChI is InChI=1S/C23H31NO.H2/c1-16-19(11-8-14-25)22(17-9-6-5-7-10-17)24-21-13-12-18(15-20(16)21)23(2,3)4;/h5-7,9-10,12-13,15-16,19,22,24-25H,8,11,14H2,1-4H3;1H/t16?,19-,22-;/m1./s1. The van der Waals surface area contributed by atoms with Crippen molar-refractivity contribution >= 4 is 5.69 Å². The van der Waals surface area contributed by atoms with Crippen LogP contribution in [0.15, 0.2) is 48.5 Å². The van der Waals surface area contributed by atoms with E-state index in [0.29, 0.717) is 17.9 Å². The molecule has 0 amide bonds. The number of hydrogen-bond acceptors (Lipinski definition) is 2. The van der Waals surface area contributed by atoms with Crippen molar-refractivity contribution in [2.75, 3.05) is 11.9 Å². The highest BCUT2D eigenvalue weighted by atomic mass is 16.2. The molecule has 2 aromatic rings. The number of anilines is 1. The molecule has 0 aliphatic carbocycles. The Labute approximate surface area is 153 Å². The van der Waals surface area contributed by atoms with Crippen LogP contribution in [0, 0.1) is 5.92 Å². The van der Waals surface area contributed by atoms with Crippen molar-refractivity contribution in [3.05, 3.63) is 65.2 Å². The highest BCUT2D eigenvalue weighted by Gasteiger charge is 2.35. The van der Waals surface area contributed by atoms with Crippen LogP contribution in [0.25, 0.3) is 0 Å². The van der Waals surface area contributed by atoms with E-state index in [4.69, 9.17) is 0 Å². The number of benzene rings is 2. The van der Waals surface area contributed by atoms with Gasteiger partial charge in [-0.3, -0.25) is 0 Å². The van der Waals surface area contributed by atoms with Gasteiger partial charge in [0.05, 0.1) is 6.04 Å². The number of aliphatic hydroxyl groups is 1. The molecule has 2 aromatic carbocycles. The number of aliphatic hydroxyl groups excluding tert-OH is 1. The Morgan fingerprint density at radius 1 is 1.08 bits per heavy atom. The lowest BCUT2D eigenvalue weighted by Crippen LogP contribution is -2.31. The van der Waals surface area contributed by atoms with Crippen LogP contribution in [0.3, 0.4) is 0 Å². The number of fused-ring (bicyclic) bond motifs is 1. The number of nitrogens with one attached hydrogen (secondary N) is 1. The summed E-state index contributed by atoms with van der Waals surface area (Å²) in [5, 5.41) is 13.2. The Morgan fingerprint density at radius 3 is 2.44 bits per heavy atom. The first-order valence-corrected chi connectivity index (χ1v) is 9.48. The molecule has 0 radical (unpaired) electrons. The summed E-state index contributed by atoms with van der Waals surface area (Å²) < 4.78 is 0. The second-order valence-electron chi connectivity index (χ2n) is 8.40. The van der Waals surface area contributed by atoms with E-state index in [1.54, 1.807) is 0 Å². The Morgan fingerprint density at radius 2 is 1.80 bits per heavy atom. The molecular formula is C23H33NO. The first-order chi connectivity index (χ1) is 11.9. The van der Waals surface area contributed by atoms with Crippen LogP contribution >= 0.6 is 0 Å². The van der Waals surface area contributed by atoms with E-state index < -0.39 is 0 Å². The van der Waals surface area contributed by atoms with E-state index in [1.165, 1.54) is 22.4 Å². The van der Waals surface area contributed by atoms with Crippen molar-refractivity contribution in [3.8, 4) is 0 Å². The third-order valence-corrected chi connectivity index (χ3v) is 5.64. The van der Waals surface area contributed by atoms with Gasteiger partial charge in [-0.1, -0.05) is 70.2 Å². The Kier molecular flexibility index (Phi) is 5.19. The maximum Gasteiger partial charge on any atom is 0.0547 e. The lowest BCUT2D eigenvalue weighted by molar-refractivity contribution is 0.253. The normalized spacial score (nSPS) is 23.0. The highest BCUT2D eigenvalue weighted by molar-refractivity contribution is 5.59. The molecule has 1 unspecified atom stereocenters. The molecular weight excluding hydrogens is 306 g/mol. The maximum atomic E-state index is 9.37. The first kappa shape index (κ1) is 18.0. The fraction of sp³-hybridized carbons (Fsp3) is 0.478. The van der Waals surface area contributed by atoms with E-state index in [1.807, 2.05) is 0 Å². The van der Waals surface area contributed by atoms with Crippen LogP contribution < -0.4 is 5.32 Å². The molecule has 0 spiro atoms. The Balaban J connectivity index is 0.00000243. The molecule has 0 bridgehead atoms. The van der Waals surface area contributed by atoms with Gasteiger partial charge in [-0.05, 0) is 52.8 Å². The Hall–Kier alpha value is -1.80. The summed E-state index contributed by atoms with van der Waals surface area (Å²) in [6.45, 7) is 9.42. The molecule has 0 saturated carbocycles. The number of hydrogen-bond donors (Lipinski definition) is 2. The zero-order valence-electron chi connectivity index (χ0n) is 15.9.